The van der Waals surface area contributed by atoms with Crippen LogP contribution in [-0.4, -0.2) is 44.2 Å². The van der Waals surface area contributed by atoms with E-state index in [4.69, 9.17) is 10.00 Å². The number of nitrogens with zero attached hydrogens (tertiary/aromatic N) is 3. The molecule has 2 aromatic rings. The number of benzene rings is 2. The molecule has 0 spiro atoms. The van der Waals surface area contributed by atoms with E-state index in [0.29, 0.717) is 13.0 Å². The van der Waals surface area contributed by atoms with Gasteiger partial charge in [-0.3, -0.25) is 4.90 Å². The molecule has 0 amide bonds. The first-order chi connectivity index (χ1) is 12.8. The highest BCUT2D eigenvalue weighted by Gasteiger charge is 2.20. The van der Waals surface area contributed by atoms with E-state index in [0.717, 1.165) is 44.9 Å². The molecule has 0 unspecified atom stereocenters. The van der Waals surface area contributed by atoms with Crippen LogP contribution in [0.4, 0.5) is 5.69 Å². The van der Waals surface area contributed by atoms with Gasteiger partial charge in [-0.2, -0.15) is 5.26 Å². The van der Waals surface area contributed by atoms with Gasteiger partial charge in [0, 0.05) is 32.6 Å². The zero-order valence-electron chi connectivity index (χ0n) is 15.5. The predicted molar refractivity (Wildman–Crippen MR) is 107 cm³/mol. The van der Waals surface area contributed by atoms with Gasteiger partial charge in [-0.1, -0.05) is 36.4 Å². The molecule has 1 fully saturated rings. The summed E-state index contributed by atoms with van der Waals surface area (Å²) in [6.07, 6.45) is 1.61. The molecule has 1 saturated heterocycles. The van der Waals surface area contributed by atoms with Gasteiger partial charge < -0.3 is 9.64 Å². The Morgan fingerprint density at radius 1 is 1.00 bits per heavy atom. The number of piperazine rings is 1. The zero-order valence-corrected chi connectivity index (χ0v) is 15.5. The molecular weight excluding hydrogens is 322 g/mol. The van der Waals surface area contributed by atoms with Crippen LogP contribution >= 0.6 is 0 Å². The van der Waals surface area contributed by atoms with Crippen molar-refractivity contribution in [3.8, 4) is 22.9 Å². The monoisotopic (exact) mass is 349 g/mol. The third kappa shape index (κ3) is 4.56. The Morgan fingerprint density at radius 2 is 1.77 bits per heavy atom. The Hall–Kier alpha value is -2.51. The van der Waals surface area contributed by atoms with Crippen molar-refractivity contribution >= 4 is 5.69 Å². The van der Waals surface area contributed by atoms with Gasteiger partial charge in [0.25, 0.3) is 0 Å². The molecule has 0 N–H and O–H groups in total. The van der Waals surface area contributed by atoms with Crippen LogP contribution in [0.3, 0.4) is 0 Å². The Bertz CT molecular complexity index is 731. The lowest BCUT2D eigenvalue weighted by Gasteiger charge is -2.36. The highest BCUT2D eigenvalue weighted by molar-refractivity contribution is 5.71. The Labute approximate surface area is 156 Å². The van der Waals surface area contributed by atoms with Crippen molar-refractivity contribution in [3.63, 3.8) is 0 Å². The molecule has 4 heteroatoms. The highest BCUT2D eigenvalue weighted by Crippen LogP contribution is 2.34. The molecule has 0 radical (unpaired) electrons. The normalized spacial score (nSPS) is 14.8. The molecule has 1 aliphatic heterocycles. The van der Waals surface area contributed by atoms with E-state index in [1.165, 1.54) is 16.8 Å². The molecule has 3 rings (SSSR count). The SMILES string of the molecule is CCOc1cc(-c2ccccc2)ccc1N1CCN(CCCC#N)CC1. The first-order valence-electron chi connectivity index (χ1n) is 9.48. The lowest BCUT2D eigenvalue weighted by molar-refractivity contribution is 0.254. The molecule has 0 aromatic heterocycles. The second kappa shape index (κ2) is 9.26. The average Bonchev–Trinajstić information content (AvgIpc) is 2.70. The van der Waals surface area contributed by atoms with Gasteiger partial charge in [0.05, 0.1) is 18.4 Å². The quantitative estimate of drug-likeness (QED) is 0.703. The third-order valence-electron chi connectivity index (χ3n) is 4.84. The molecule has 0 aliphatic carbocycles. The van der Waals surface area contributed by atoms with Crippen molar-refractivity contribution in [2.24, 2.45) is 0 Å². The molecule has 0 saturated carbocycles. The number of anilines is 1. The van der Waals surface area contributed by atoms with Crippen molar-refractivity contribution in [2.45, 2.75) is 19.8 Å². The maximum Gasteiger partial charge on any atom is 0.143 e. The maximum atomic E-state index is 8.68. The second-order valence-corrected chi connectivity index (χ2v) is 6.57. The van der Waals surface area contributed by atoms with Gasteiger partial charge >= 0.3 is 0 Å². The summed E-state index contributed by atoms with van der Waals surface area (Å²) in [6, 6.07) is 19.2. The van der Waals surface area contributed by atoms with Gasteiger partial charge in [0.15, 0.2) is 0 Å². The van der Waals surface area contributed by atoms with E-state index in [2.05, 4.69) is 58.3 Å². The van der Waals surface area contributed by atoms with Crippen molar-refractivity contribution in [2.75, 3.05) is 44.2 Å². The first kappa shape index (κ1) is 18.3. The highest BCUT2D eigenvalue weighted by atomic mass is 16.5. The summed E-state index contributed by atoms with van der Waals surface area (Å²) in [7, 11) is 0. The smallest absolute Gasteiger partial charge is 0.143 e. The summed E-state index contributed by atoms with van der Waals surface area (Å²) >= 11 is 0. The summed E-state index contributed by atoms with van der Waals surface area (Å²) in [6.45, 7) is 7.79. The number of hydrogen-bond donors (Lipinski definition) is 0. The van der Waals surface area contributed by atoms with Gasteiger partial charge in [-0.25, -0.2) is 0 Å². The number of ether oxygens (including phenoxy) is 1. The van der Waals surface area contributed by atoms with E-state index in [-0.39, 0.29) is 0 Å². The van der Waals surface area contributed by atoms with Crippen molar-refractivity contribution in [1.82, 2.24) is 4.90 Å². The fraction of sp³-hybridized carbons (Fsp3) is 0.409. The minimum atomic E-state index is 0.648. The third-order valence-corrected chi connectivity index (χ3v) is 4.84. The van der Waals surface area contributed by atoms with Gasteiger partial charge in [-0.15, -0.1) is 0 Å². The molecule has 1 aliphatic rings. The fourth-order valence-corrected chi connectivity index (χ4v) is 3.45. The van der Waals surface area contributed by atoms with Crippen LogP contribution < -0.4 is 9.64 Å². The average molecular weight is 349 g/mol. The lowest BCUT2D eigenvalue weighted by Crippen LogP contribution is -2.46. The number of rotatable bonds is 7. The Morgan fingerprint density at radius 3 is 2.46 bits per heavy atom. The molecule has 136 valence electrons. The largest absolute Gasteiger partial charge is 0.492 e. The summed E-state index contributed by atoms with van der Waals surface area (Å²) in [5, 5.41) is 8.68. The fourth-order valence-electron chi connectivity index (χ4n) is 3.45. The minimum absolute atomic E-state index is 0.648. The van der Waals surface area contributed by atoms with Gasteiger partial charge in [0.2, 0.25) is 0 Å². The van der Waals surface area contributed by atoms with Crippen LogP contribution in [0.5, 0.6) is 5.75 Å². The van der Waals surface area contributed by atoms with Crippen LogP contribution in [0, 0.1) is 11.3 Å². The van der Waals surface area contributed by atoms with Crippen LogP contribution in [0.2, 0.25) is 0 Å². The second-order valence-electron chi connectivity index (χ2n) is 6.57. The molecule has 2 aromatic carbocycles. The Balaban J connectivity index is 1.71. The van der Waals surface area contributed by atoms with E-state index >= 15 is 0 Å². The standard InChI is InChI=1S/C22H27N3O/c1-2-26-22-18-20(19-8-4-3-5-9-19)10-11-21(22)25-16-14-24(15-17-25)13-7-6-12-23/h3-5,8-11,18H,2,6-7,13-17H2,1H3. The summed E-state index contributed by atoms with van der Waals surface area (Å²) in [4.78, 5) is 4.87. The molecular formula is C22H27N3O. The Kier molecular flexibility index (Phi) is 6.51. The molecule has 26 heavy (non-hydrogen) atoms. The molecule has 0 bridgehead atoms. The van der Waals surface area contributed by atoms with Crippen LogP contribution in [-0.2, 0) is 0 Å². The van der Waals surface area contributed by atoms with Gasteiger partial charge in [0.1, 0.15) is 5.75 Å². The van der Waals surface area contributed by atoms with Crippen LogP contribution in [0.1, 0.15) is 19.8 Å². The van der Waals surface area contributed by atoms with Crippen LogP contribution in [0.15, 0.2) is 48.5 Å². The minimum Gasteiger partial charge on any atom is -0.492 e. The molecule has 1 heterocycles. The van der Waals surface area contributed by atoms with Crippen LogP contribution in [0.25, 0.3) is 11.1 Å². The predicted octanol–water partition coefficient (Wildman–Crippen LogP) is 4.18. The van der Waals surface area contributed by atoms with Crippen molar-refractivity contribution < 1.29 is 4.74 Å². The van der Waals surface area contributed by atoms with E-state index in [1.807, 2.05) is 13.0 Å². The van der Waals surface area contributed by atoms with E-state index in [1.54, 1.807) is 0 Å². The number of unbranched alkanes of at least 4 members (excludes halogenated alkanes) is 1. The van der Waals surface area contributed by atoms with E-state index in [9.17, 15) is 0 Å². The number of nitriles is 1. The van der Waals surface area contributed by atoms with E-state index < -0.39 is 0 Å². The summed E-state index contributed by atoms with van der Waals surface area (Å²) < 4.78 is 5.97. The first-order valence-corrected chi connectivity index (χ1v) is 9.48. The summed E-state index contributed by atoms with van der Waals surface area (Å²) in [5.41, 5.74) is 3.58. The van der Waals surface area contributed by atoms with Crippen molar-refractivity contribution in [1.29, 1.82) is 5.26 Å². The summed E-state index contributed by atoms with van der Waals surface area (Å²) in [5.74, 6) is 0.965. The zero-order chi connectivity index (χ0) is 18.2. The molecule has 4 nitrogen and oxygen atoms in total. The topological polar surface area (TPSA) is 39.5 Å². The molecule has 0 atom stereocenters. The van der Waals surface area contributed by atoms with Crippen molar-refractivity contribution in [3.05, 3.63) is 48.5 Å². The van der Waals surface area contributed by atoms with Gasteiger partial charge in [-0.05, 0) is 43.1 Å². The lowest BCUT2D eigenvalue weighted by atomic mass is 10.0. The maximum absolute atomic E-state index is 8.68. The number of hydrogen-bond acceptors (Lipinski definition) is 4.